The molecule has 1 nitrogen and oxygen atoms in total. The van der Waals surface area contributed by atoms with Crippen LogP contribution < -0.4 is 5.73 Å². The van der Waals surface area contributed by atoms with Gasteiger partial charge in [0.1, 0.15) is 6.04 Å². The van der Waals surface area contributed by atoms with Crippen molar-refractivity contribution in [3.05, 3.63) is 21.9 Å². The number of quaternary nitrogens is 1. The molecular weight excluding hydrogens is 142 g/mol. The van der Waals surface area contributed by atoms with Crippen LogP contribution in [0.4, 0.5) is 0 Å². The van der Waals surface area contributed by atoms with Crippen molar-refractivity contribution < 1.29 is 5.73 Å². The third-order valence-electron chi connectivity index (χ3n) is 2.18. The first kappa shape index (κ1) is 6.38. The molecule has 0 aromatic carbocycles. The fourth-order valence-corrected chi connectivity index (χ4v) is 2.59. The number of hydrogen-bond donors (Lipinski definition) is 1. The molecule has 1 aliphatic carbocycles. The topological polar surface area (TPSA) is 27.6 Å². The molecule has 0 aliphatic heterocycles. The van der Waals surface area contributed by atoms with E-state index in [1.165, 1.54) is 24.8 Å². The van der Waals surface area contributed by atoms with Crippen LogP contribution in [0.25, 0.3) is 0 Å². The van der Waals surface area contributed by atoms with Crippen LogP contribution in [-0.4, -0.2) is 0 Å². The molecule has 1 aromatic heterocycles. The van der Waals surface area contributed by atoms with Crippen LogP contribution in [0.5, 0.6) is 0 Å². The summed E-state index contributed by atoms with van der Waals surface area (Å²) in [6.45, 7) is 0. The first-order chi connectivity index (χ1) is 4.88. The van der Waals surface area contributed by atoms with Crippen LogP contribution >= 0.6 is 11.3 Å². The summed E-state index contributed by atoms with van der Waals surface area (Å²) in [7, 11) is 0. The second-order valence-corrected chi connectivity index (χ2v) is 3.89. The van der Waals surface area contributed by atoms with Gasteiger partial charge in [0, 0.05) is 16.9 Å². The Morgan fingerprint density at radius 2 is 2.50 bits per heavy atom. The molecule has 0 fully saturated rings. The van der Waals surface area contributed by atoms with Gasteiger partial charge in [0.05, 0.1) is 0 Å². The molecule has 1 atom stereocenters. The number of thiophene rings is 1. The Morgan fingerprint density at radius 1 is 1.60 bits per heavy atom. The van der Waals surface area contributed by atoms with Crippen LogP contribution in [-0.2, 0) is 6.42 Å². The number of hydrogen-bond acceptors (Lipinski definition) is 1. The van der Waals surface area contributed by atoms with Crippen molar-refractivity contribution in [2.24, 2.45) is 0 Å². The van der Waals surface area contributed by atoms with Crippen molar-refractivity contribution in [3.8, 4) is 0 Å². The van der Waals surface area contributed by atoms with E-state index in [4.69, 9.17) is 0 Å². The predicted molar refractivity (Wildman–Crippen MR) is 42.9 cm³/mol. The summed E-state index contributed by atoms with van der Waals surface area (Å²) in [6, 6.07) is 2.81. The summed E-state index contributed by atoms with van der Waals surface area (Å²) in [4.78, 5) is 1.58. The van der Waals surface area contributed by atoms with Gasteiger partial charge in [-0.05, 0) is 24.3 Å². The average Bonchev–Trinajstić information content (AvgIpc) is 2.36. The highest BCUT2D eigenvalue weighted by Crippen LogP contribution is 2.30. The third kappa shape index (κ3) is 0.879. The zero-order valence-corrected chi connectivity index (χ0v) is 6.79. The highest BCUT2D eigenvalue weighted by molar-refractivity contribution is 7.10. The highest BCUT2D eigenvalue weighted by atomic mass is 32.1. The van der Waals surface area contributed by atoms with E-state index < -0.39 is 0 Å². The standard InChI is InChI=1S/C8H11NS/c9-7-2-1-3-8-6(7)4-5-10-8/h4-5,7H,1-3,9H2/p+1. The van der Waals surface area contributed by atoms with Gasteiger partial charge in [0.15, 0.2) is 0 Å². The van der Waals surface area contributed by atoms with Crippen molar-refractivity contribution in [3.63, 3.8) is 0 Å². The summed E-state index contributed by atoms with van der Waals surface area (Å²) in [6.07, 6.45) is 3.91. The van der Waals surface area contributed by atoms with Crippen molar-refractivity contribution in [2.45, 2.75) is 25.3 Å². The lowest BCUT2D eigenvalue weighted by Crippen LogP contribution is -2.54. The number of fused-ring (bicyclic) bond motifs is 1. The molecular formula is C8H12NS+. The molecule has 1 unspecified atom stereocenters. The highest BCUT2D eigenvalue weighted by Gasteiger charge is 2.19. The van der Waals surface area contributed by atoms with Crippen molar-refractivity contribution in [1.82, 2.24) is 0 Å². The molecule has 1 aromatic rings. The second-order valence-electron chi connectivity index (χ2n) is 2.89. The maximum atomic E-state index is 4.12. The van der Waals surface area contributed by atoms with Crippen LogP contribution in [0, 0.1) is 0 Å². The minimum atomic E-state index is 0.579. The third-order valence-corrected chi connectivity index (χ3v) is 3.17. The summed E-state index contributed by atoms with van der Waals surface area (Å²) >= 11 is 1.89. The van der Waals surface area contributed by atoms with E-state index in [-0.39, 0.29) is 0 Å². The Labute approximate surface area is 64.9 Å². The van der Waals surface area contributed by atoms with Crippen molar-refractivity contribution >= 4 is 11.3 Å². The minimum Gasteiger partial charge on any atom is -0.351 e. The molecule has 2 heteroatoms. The zero-order chi connectivity index (χ0) is 6.97. The van der Waals surface area contributed by atoms with E-state index in [1.54, 1.807) is 4.88 Å². The second kappa shape index (κ2) is 2.36. The van der Waals surface area contributed by atoms with Gasteiger partial charge in [0.2, 0.25) is 0 Å². The molecule has 0 amide bonds. The lowest BCUT2D eigenvalue weighted by molar-refractivity contribution is -0.429. The number of rotatable bonds is 0. The van der Waals surface area contributed by atoms with E-state index in [9.17, 15) is 0 Å². The van der Waals surface area contributed by atoms with Crippen LogP contribution in [0.1, 0.15) is 29.3 Å². The number of aryl methyl sites for hydroxylation is 1. The molecule has 1 aliphatic rings. The molecule has 0 radical (unpaired) electrons. The van der Waals surface area contributed by atoms with Crippen molar-refractivity contribution in [1.29, 1.82) is 0 Å². The smallest absolute Gasteiger partial charge is 0.111 e. The summed E-state index contributed by atoms with van der Waals surface area (Å²) in [5.74, 6) is 0. The SMILES string of the molecule is [NH3+]C1CCCc2sccc21. The summed E-state index contributed by atoms with van der Waals surface area (Å²) < 4.78 is 0. The summed E-state index contributed by atoms with van der Waals surface area (Å²) in [5.41, 5.74) is 5.63. The van der Waals surface area contributed by atoms with Gasteiger partial charge in [-0.2, -0.15) is 0 Å². The maximum absolute atomic E-state index is 4.12. The molecule has 0 saturated heterocycles. The largest absolute Gasteiger partial charge is 0.351 e. The predicted octanol–water partition coefficient (Wildman–Crippen LogP) is 1.37. The van der Waals surface area contributed by atoms with E-state index in [0.717, 1.165) is 0 Å². The van der Waals surface area contributed by atoms with E-state index in [1.807, 2.05) is 11.3 Å². The van der Waals surface area contributed by atoms with E-state index >= 15 is 0 Å². The normalized spacial score (nSPS) is 24.3. The first-order valence-corrected chi connectivity index (χ1v) is 4.65. The van der Waals surface area contributed by atoms with Gasteiger partial charge >= 0.3 is 0 Å². The molecule has 1 heterocycles. The maximum Gasteiger partial charge on any atom is 0.111 e. The van der Waals surface area contributed by atoms with Crippen LogP contribution in [0.2, 0.25) is 0 Å². The van der Waals surface area contributed by atoms with Crippen LogP contribution in [0.3, 0.4) is 0 Å². The molecule has 3 N–H and O–H groups in total. The van der Waals surface area contributed by atoms with Gasteiger partial charge in [0.25, 0.3) is 0 Å². The molecule has 0 saturated carbocycles. The Hall–Kier alpha value is -0.340. The molecule has 0 bridgehead atoms. The fourth-order valence-electron chi connectivity index (χ4n) is 1.58. The van der Waals surface area contributed by atoms with Gasteiger partial charge in [-0.25, -0.2) is 0 Å². The Morgan fingerprint density at radius 3 is 3.30 bits per heavy atom. The molecule has 0 spiro atoms. The Bertz CT molecular complexity index is 229. The van der Waals surface area contributed by atoms with E-state index in [2.05, 4.69) is 17.2 Å². The lowest BCUT2D eigenvalue weighted by atomic mass is 9.95. The van der Waals surface area contributed by atoms with Crippen molar-refractivity contribution in [2.75, 3.05) is 0 Å². The average molecular weight is 154 g/mol. The monoisotopic (exact) mass is 154 g/mol. The first-order valence-electron chi connectivity index (χ1n) is 3.77. The van der Waals surface area contributed by atoms with Gasteiger partial charge in [-0.3, -0.25) is 0 Å². The van der Waals surface area contributed by atoms with Gasteiger partial charge < -0.3 is 5.73 Å². The quantitative estimate of drug-likeness (QED) is 0.584. The summed E-state index contributed by atoms with van der Waals surface area (Å²) in [5, 5.41) is 2.19. The molecule has 54 valence electrons. The van der Waals surface area contributed by atoms with Crippen LogP contribution in [0.15, 0.2) is 11.4 Å². The minimum absolute atomic E-state index is 0.579. The molecule has 10 heavy (non-hydrogen) atoms. The zero-order valence-electron chi connectivity index (χ0n) is 5.97. The Kier molecular flexibility index (Phi) is 1.51. The lowest BCUT2D eigenvalue weighted by Gasteiger charge is -2.14. The Balaban J connectivity index is 2.41. The van der Waals surface area contributed by atoms with Gasteiger partial charge in [-0.1, -0.05) is 0 Å². The molecule has 2 rings (SSSR count). The van der Waals surface area contributed by atoms with E-state index in [0.29, 0.717) is 6.04 Å². The van der Waals surface area contributed by atoms with Gasteiger partial charge in [-0.15, -0.1) is 11.3 Å². The fraction of sp³-hybridized carbons (Fsp3) is 0.500.